The number of carbonyl (C=O) groups is 1. The van der Waals surface area contributed by atoms with Crippen LogP contribution in [0.25, 0.3) is 10.1 Å². The molecule has 1 aliphatic heterocycles. The van der Waals surface area contributed by atoms with Crippen LogP contribution in [0.3, 0.4) is 0 Å². The fraction of sp³-hybridized carbons (Fsp3) is 0.423. The minimum atomic E-state index is -0.254. The molecule has 0 aliphatic carbocycles. The van der Waals surface area contributed by atoms with Crippen LogP contribution in [0.5, 0.6) is 0 Å². The molecule has 1 unspecified atom stereocenters. The molecule has 4 rings (SSSR count). The van der Waals surface area contributed by atoms with Crippen LogP contribution >= 0.6 is 11.3 Å². The summed E-state index contributed by atoms with van der Waals surface area (Å²) >= 11 is 1.82. The highest BCUT2D eigenvalue weighted by atomic mass is 32.1. The van der Waals surface area contributed by atoms with Crippen LogP contribution in [0.4, 0.5) is 0 Å². The first-order valence-corrected chi connectivity index (χ1v) is 11.9. The minimum Gasteiger partial charge on any atom is -0.338 e. The molecule has 0 spiro atoms. The number of fused-ring (bicyclic) bond motifs is 2. The zero-order chi connectivity index (χ0) is 21.3. The van der Waals surface area contributed by atoms with Crippen molar-refractivity contribution in [2.45, 2.75) is 58.4 Å². The van der Waals surface area contributed by atoms with Crippen LogP contribution < -0.4 is 5.73 Å². The number of aryl methyl sites for hydroxylation is 2. The van der Waals surface area contributed by atoms with E-state index in [2.05, 4.69) is 56.5 Å². The van der Waals surface area contributed by atoms with Crippen molar-refractivity contribution in [2.75, 3.05) is 13.1 Å². The molecule has 0 saturated heterocycles. The molecule has 1 aromatic heterocycles. The number of hydrogen-bond acceptors (Lipinski definition) is 3. The quantitative estimate of drug-likeness (QED) is 0.537. The first-order valence-electron chi connectivity index (χ1n) is 11.0. The molecule has 4 heteroatoms. The predicted octanol–water partition coefficient (Wildman–Crippen LogP) is 5.65. The third-order valence-electron chi connectivity index (χ3n) is 6.73. The van der Waals surface area contributed by atoms with Crippen LogP contribution in [0.2, 0.25) is 0 Å². The van der Waals surface area contributed by atoms with E-state index in [1.807, 2.05) is 22.3 Å². The van der Waals surface area contributed by atoms with Crippen molar-refractivity contribution in [3.05, 3.63) is 69.6 Å². The van der Waals surface area contributed by atoms with Crippen molar-refractivity contribution in [3.63, 3.8) is 0 Å². The van der Waals surface area contributed by atoms with Crippen molar-refractivity contribution in [2.24, 2.45) is 5.73 Å². The summed E-state index contributed by atoms with van der Waals surface area (Å²) in [6, 6.07) is 12.7. The Balaban J connectivity index is 1.31. The van der Waals surface area contributed by atoms with Gasteiger partial charge in [0.1, 0.15) is 0 Å². The van der Waals surface area contributed by atoms with Crippen LogP contribution in [0.1, 0.15) is 58.8 Å². The summed E-state index contributed by atoms with van der Waals surface area (Å²) in [6.45, 7) is 7.91. The fourth-order valence-corrected chi connectivity index (χ4v) is 5.55. The third-order valence-corrected chi connectivity index (χ3v) is 7.74. The van der Waals surface area contributed by atoms with E-state index in [4.69, 9.17) is 5.73 Å². The first-order chi connectivity index (χ1) is 14.4. The molecular weight excluding hydrogens is 388 g/mol. The van der Waals surface area contributed by atoms with Gasteiger partial charge in [0.05, 0.1) is 0 Å². The standard InChI is InChI=1S/C26H32N2OS/c1-18-10-11-23-21(19(18)2)12-15-28(25(23)29)16-14-26(3,27)13-6-7-20-17-30-24-9-5-4-8-22(20)24/h4-5,8-11,17H,6-7,12-16,27H2,1-3H3. The monoisotopic (exact) mass is 420 g/mol. The Bertz CT molecular complexity index is 1070. The number of carbonyl (C=O) groups excluding carboxylic acids is 1. The van der Waals surface area contributed by atoms with Gasteiger partial charge < -0.3 is 10.6 Å². The lowest BCUT2D eigenvalue weighted by atomic mass is 9.89. The largest absolute Gasteiger partial charge is 0.338 e. The lowest BCUT2D eigenvalue weighted by Crippen LogP contribution is -2.44. The average molecular weight is 421 g/mol. The summed E-state index contributed by atoms with van der Waals surface area (Å²) in [5, 5.41) is 3.66. The molecule has 2 N–H and O–H groups in total. The summed E-state index contributed by atoms with van der Waals surface area (Å²) < 4.78 is 1.36. The Kier molecular flexibility index (Phi) is 5.99. The molecule has 1 amide bonds. The number of benzene rings is 2. The summed E-state index contributed by atoms with van der Waals surface area (Å²) in [7, 11) is 0. The topological polar surface area (TPSA) is 46.3 Å². The molecule has 0 saturated carbocycles. The van der Waals surface area contributed by atoms with Crippen molar-refractivity contribution in [1.29, 1.82) is 0 Å². The molecule has 0 radical (unpaired) electrons. The Morgan fingerprint density at radius 3 is 2.77 bits per heavy atom. The molecule has 158 valence electrons. The number of nitrogens with two attached hydrogens (primary N) is 1. The van der Waals surface area contributed by atoms with Gasteiger partial charge in [0.15, 0.2) is 0 Å². The summed E-state index contributed by atoms with van der Waals surface area (Å²) in [4.78, 5) is 15.0. The van der Waals surface area contributed by atoms with E-state index in [-0.39, 0.29) is 11.4 Å². The lowest BCUT2D eigenvalue weighted by molar-refractivity contribution is 0.0726. The summed E-state index contributed by atoms with van der Waals surface area (Å²) in [6.07, 6.45) is 4.88. The average Bonchev–Trinajstić information content (AvgIpc) is 3.13. The minimum absolute atomic E-state index is 0.167. The van der Waals surface area contributed by atoms with Gasteiger partial charge in [-0.1, -0.05) is 24.3 Å². The zero-order valence-electron chi connectivity index (χ0n) is 18.3. The number of hydrogen-bond donors (Lipinski definition) is 1. The van der Waals surface area contributed by atoms with E-state index in [9.17, 15) is 4.79 Å². The Morgan fingerprint density at radius 2 is 1.93 bits per heavy atom. The Morgan fingerprint density at radius 1 is 1.13 bits per heavy atom. The van der Waals surface area contributed by atoms with E-state index in [0.717, 1.165) is 50.8 Å². The van der Waals surface area contributed by atoms with E-state index in [0.29, 0.717) is 0 Å². The van der Waals surface area contributed by atoms with E-state index < -0.39 is 0 Å². The first kappa shape index (κ1) is 21.1. The predicted molar refractivity (Wildman–Crippen MR) is 127 cm³/mol. The van der Waals surface area contributed by atoms with Gasteiger partial charge in [-0.15, -0.1) is 11.3 Å². The zero-order valence-corrected chi connectivity index (χ0v) is 19.1. The lowest BCUT2D eigenvalue weighted by Gasteiger charge is -2.33. The molecule has 0 fully saturated rings. The van der Waals surface area contributed by atoms with Crippen molar-refractivity contribution >= 4 is 27.3 Å². The van der Waals surface area contributed by atoms with Crippen LogP contribution in [0, 0.1) is 13.8 Å². The number of nitrogens with zero attached hydrogens (tertiary/aromatic N) is 1. The van der Waals surface area contributed by atoms with Gasteiger partial charge in [-0.05, 0) is 98.0 Å². The smallest absolute Gasteiger partial charge is 0.254 e. The summed E-state index contributed by atoms with van der Waals surface area (Å²) in [5.41, 5.74) is 12.5. The third kappa shape index (κ3) is 4.30. The molecule has 30 heavy (non-hydrogen) atoms. The molecule has 1 atom stereocenters. The molecule has 1 aliphatic rings. The maximum atomic E-state index is 13.0. The highest BCUT2D eigenvalue weighted by molar-refractivity contribution is 7.17. The van der Waals surface area contributed by atoms with Gasteiger partial charge >= 0.3 is 0 Å². The number of thiophene rings is 1. The van der Waals surface area contributed by atoms with Crippen LogP contribution in [-0.2, 0) is 12.8 Å². The second kappa shape index (κ2) is 8.52. The Hall–Kier alpha value is -2.17. The van der Waals surface area contributed by atoms with Gasteiger partial charge in [-0.2, -0.15) is 0 Å². The maximum absolute atomic E-state index is 13.0. The van der Waals surface area contributed by atoms with Gasteiger partial charge in [-0.3, -0.25) is 4.79 Å². The number of amides is 1. The van der Waals surface area contributed by atoms with Gasteiger partial charge in [-0.25, -0.2) is 0 Å². The van der Waals surface area contributed by atoms with Crippen molar-refractivity contribution in [1.82, 2.24) is 4.90 Å². The summed E-state index contributed by atoms with van der Waals surface area (Å²) in [5.74, 6) is 0.167. The van der Waals surface area contributed by atoms with E-state index in [1.54, 1.807) is 0 Å². The second-order valence-electron chi connectivity index (χ2n) is 9.09. The molecule has 0 bridgehead atoms. The highest BCUT2D eigenvalue weighted by Crippen LogP contribution is 2.28. The fourth-order valence-electron chi connectivity index (χ4n) is 4.55. The van der Waals surface area contributed by atoms with Gasteiger partial charge in [0, 0.05) is 28.9 Å². The van der Waals surface area contributed by atoms with Gasteiger partial charge in [0.25, 0.3) is 5.91 Å². The maximum Gasteiger partial charge on any atom is 0.254 e. The van der Waals surface area contributed by atoms with Crippen molar-refractivity contribution in [3.8, 4) is 0 Å². The van der Waals surface area contributed by atoms with Gasteiger partial charge in [0.2, 0.25) is 0 Å². The van der Waals surface area contributed by atoms with Crippen LogP contribution in [-0.4, -0.2) is 29.4 Å². The molecule has 3 aromatic rings. The van der Waals surface area contributed by atoms with E-state index >= 15 is 0 Å². The van der Waals surface area contributed by atoms with Crippen LogP contribution in [0.15, 0.2) is 41.8 Å². The second-order valence-corrected chi connectivity index (χ2v) is 10.0. The van der Waals surface area contributed by atoms with E-state index in [1.165, 1.54) is 32.3 Å². The SMILES string of the molecule is Cc1ccc2c(c1C)CCN(CCC(C)(N)CCCc1csc3ccccc13)C2=O. The molecular formula is C26H32N2OS. The molecule has 3 nitrogen and oxygen atoms in total. The number of rotatable bonds is 7. The molecule has 2 heterocycles. The highest BCUT2D eigenvalue weighted by Gasteiger charge is 2.28. The van der Waals surface area contributed by atoms with Crippen molar-refractivity contribution < 1.29 is 4.79 Å². The molecule has 2 aromatic carbocycles. The Labute approximate surface area is 183 Å². The normalized spacial score (nSPS) is 16.0.